The second-order valence-electron chi connectivity index (χ2n) is 4.01. The molecule has 0 atom stereocenters. The van der Waals surface area contributed by atoms with Crippen LogP contribution in [0.4, 0.5) is 4.39 Å². The third-order valence-corrected chi connectivity index (χ3v) is 2.69. The third-order valence-electron chi connectivity index (χ3n) is 2.69. The van der Waals surface area contributed by atoms with Crippen LogP contribution in [0.5, 0.6) is 0 Å². The lowest BCUT2D eigenvalue weighted by atomic mass is 10.4. The third kappa shape index (κ3) is 4.29. The van der Waals surface area contributed by atoms with Crippen LogP contribution in [0.2, 0.25) is 0 Å². The van der Waals surface area contributed by atoms with Gasteiger partial charge < -0.3 is 4.74 Å². The number of halogens is 1. The van der Waals surface area contributed by atoms with E-state index in [2.05, 4.69) is 14.7 Å². The van der Waals surface area contributed by atoms with Gasteiger partial charge in [0.1, 0.15) is 13.3 Å². The molecule has 0 bridgehead atoms. The first-order chi connectivity index (χ1) is 11.5. The Bertz CT molecular complexity index is 827. The predicted molar refractivity (Wildman–Crippen MR) is 72.1 cm³/mol. The van der Waals surface area contributed by atoms with Crippen molar-refractivity contribution in [3.8, 4) is 0 Å². The van der Waals surface area contributed by atoms with Crippen LogP contribution in [0.3, 0.4) is 0 Å². The minimum absolute atomic E-state index is 0.396. The van der Waals surface area contributed by atoms with Gasteiger partial charge in [-0.25, -0.2) is 42.1 Å². The lowest BCUT2D eigenvalue weighted by Crippen LogP contribution is -2.54. The van der Waals surface area contributed by atoms with Gasteiger partial charge in [-0.15, -0.1) is 0 Å². The zero-order chi connectivity index (χ0) is 18.1. The van der Waals surface area contributed by atoms with E-state index in [-0.39, 0.29) is 0 Å². The Kier molecular flexibility index (Phi) is 6.89. The molecule has 1 rings (SSSR count). The molecule has 0 aliphatic carbocycles. The first-order valence-corrected chi connectivity index (χ1v) is 6.21. The number of carbonyl (C=O) groups is 1. The standard InChI is InChI=1S/C11H10FN5O7/c12-3-24-8(20)1-2-15-9(21)16(4-13-6-18)11(23)17(10(15)22)5-14-7-19/h1-5H2. The molecular weight excluding hydrogens is 333 g/mol. The molecule has 0 saturated heterocycles. The minimum atomic E-state index is -1.38. The van der Waals surface area contributed by atoms with E-state index in [9.17, 15) is 33.2 Å². The summed E-state index contributed by atoms with van der Waals surface area (Å²) >= 11 is 0. The van der Waals surface area contributed by atoms with Gasteiger partial charge in [0.2, 0.25) is 19.0 Å². The molecule has 0 amide bonds. The van der Waals surface area contributed by atoms with Gasteiger partial charge in [0.15, 0.2) is 0 Å². The molecule has 13 heteroatoms. The summed E-state index contributed by atoms with van der Waals surface area (Å²) in [6.45, 7) is -3.38. The van der Waals surface area contributed by atoms with E-state index in [0.717, 1.165) is 12.2 Å². The van der Waals surface area contributed by atoms with Crippen molar-refractivity contribution in [1.29, 1.82) is 0 Å². The molecule has 0 aliphatic heterocycles. The molecule has 1 aromatic rings. The van der Waals surface area contributed by atoms with Crippen molar-refractivity contribution in [3.05, 3.63) is 31.5 Å². The van der Waals surface area contributed by atoms with Gasteiger partial charge in [0, 0.05) is 6.54 Å². The van der Waals surface area contributed by atoms with Gasteiger partial charge in [-0.05, 0) is 0 Å². The number of aromatic nitrogens is 3. The Morgan fingerprint density at radius 3 is 1.83 bits per heavy atom. The van der Waals surface area contributed by atoms with E-state index in [1.165, 1.54) is 0 Å². The number of hydrogen-bond acceptors (Lipinski definition) is 9. The van der Waals surface area contributed by atoms with Gasteiger partial charge in [-0.2, -0.15) is 9.98 Å². The van der Waals surface area contributed by atoms with Crippen LogP contribution in [0.1, 0.15) is 6.42 Å². The van der Waals surface area contributed by atoms with Crippen molar-refractivity contribution in [3.63, 3.8) is 0 Å². The van der Waals surface area contributed by atoms with Crippen LogP contribution in [0.15, 0.2) is 24.4 Å². The summed E-state index contributed by atoms with van der Waals surface area (Å²) in [4.78, 5) is 73.7. The number of hydrogen-bond donors (Lipinski definition) is 0. The monoisotopic (exact) mass is 343 g/mol. The quantitative estimate of drug-likeness (QED) is 0.290. The second-order valence-corrected chi connectivity index (χ2v) is 4.01. The molecule has 0 fully saturated rings. The molecule has 1 heterocycles. The topological polar surface area (TPSA) is 151 Å². The molecule has 0 unspecified atom stereocenters. The lowest BCUT2D eigenvalue weighted by molar-refractivity contribution is -0.147. The summed E-state index contributed by atoms with van der Waals surface area (Å²) in [5.41, 5.74) is -3.50. The minimum Gasteiger partial charge on any atom is -0.434 e. The van der Waals surface area contributed by atoms with E-state index in [4.69, 9.17) is 0 Å². The van der Waals surface area contributed by atoms with Crippen LogP contribution in [0, 0.1) is 0 Å². The van der Waals surface area contributed by atoms with Gasteiger partial charge in [0.05, 0.1) is 6.42 Å². The van der Waals surface area contributed by atoms with Crippen molar-refractivity contribution in [2.45, 2.75) is 26.3 Å². The highest BCUT2D eigenvalue weighted by atomic mass is 19.1. The maximum absolute atomic E-state index is 12.1. The molecule has 24 heavy (non-hydrogen) atoms. The maximum atomic E-state index is 12.1. The summed E-state index contributed by atoms with van der Waals surface area (Å²) in [7, 11) is 0. The SMILES string of the molecule is O=C=NCn1c(=O)n(CCC(=O)OCF)c(=O)n(CN=C=O)c1=O. The maximum Gasteiger partial charge on any atom is 0.339 e. The van der Waals surface area contributed by atoms with Crippen molar-refractivity contribution in [2.24, 2.45) is 9.98 Å². The summed E-state index contributed by atoms with van der Waals surface area (Å²) in [6.07, 6.45) is 1.69. The highest BCUT2D eigenvalue weighted by Gasteiger charge is 2.16. The van der Waals surface area contributed by atoms with Crippen molar-refractivity contribution in [1.82, 2.24) is 13.7 Å². The number of nitrogens with zero attached hydrogens (tertiary/aromatic N) is 5. The zero-order valence-corrected chi connectivity index (χ0v) is 12.0. The first kappa shape index (κ1) is 18.6. The number of rotatable bonds is 8. The van der Waals surface area contributed by atoms with Crippen LogP contribution in [0.25, 0.3) is 0 Å². The fraction of sp³-hybridized carbons (Fsp3) is 0.455. The van der Waals surface area contributed by atoms with Crippen LogP contribution in [-0.4, -0.2) is 38.7 Å². The van der Waals surface area contributed by atoms with E-state index in [1.54, 1.807) is 0 Å². The number of ether oxygens (including phenoxy) is 1. The smallest absolute Gasteiger partial charge is 0.339 e. The number of aliphatic imine (C=N–C) groups is 2. The second kappa shape index (κ2) is 8.88. The van der Waals surface area contributed by atoms with Crippen molar-refractivity contribution in [2.75, 3.05) is 6.86 Å². The largest absolute Gasteiger partial charge is 0.434 e. The van der Waals surface area contributed by atoms with Crippen molar-refractivity contribution < 1.29 is 23.5 Å². The van der Waals surface area contributed by atoms with E-state index in [0.29, 0.717) is 13.7 Å². The predicted octanol–water partition coefficient (Wildman–Crippen LogP) is -2.38. The zero-order valence-electron chi connectivity index (χ0n) is 12.0. The molecule has 12 nitrogen and oxygen atoms in total. The number of isocyanates is 2. The average Bonchev–Trinajstić information content (AvgIpc) is 2.55. The lowest BCUT2D eigenvalue weighted by Gasteiger charge is -2.10. The van der Waals surface area contributed by atoms with Crippen LogP contribution < -0.4 is 17.1 Å². The Hall–Kier alpha value is -3.43. The van der Waals surface area contributed by atoms with E-state index >= 15 is 0 Å². The molecule has 128 valence electrons. The molecular formula is C11H10FN5O7. The summed E-state index contributed by atoms with van der Waals surface area (Å²) in [5.74, 6) is -1.02. The summed E-state index contributed by atoms with van der Waals surface area (Å²) < 4.78 is 17.1. The summed E-state index contributed by atoms with van der Waals surface area (Å²) in [5, 5.41) is 0. The first-order valence-electron chi connectivity index (χ1n) is 6.21. The highest BCUT2D eigenvalue weighted by molar-refractivity contribution is 5.69. The Balaban J connectivity index is 3.44. The summed E-state index contributed by atoms with van der Waals surface area (Å²) in [6, 6.07) is 0. The fourth-order valence-corrected chi connectivity index (χ4v) is 1.65. The molecule has 0 saturated carbocycles. The number of carbonyl (C=O) groups excluding carboxylic acids is 3. The molecule has 0 aromatic carbocycles. The highest BCUT2D eigenvalue weighted by Crippen LogP contribution is 1.89. The molecule has 1 aromatic heterocycles. The van der Waals surface area contributed by atoms with E-state index in [1.807, 2.05) is 0 Å². The van der Waals surface area contributed by atoms with Crippen LogP contribution >= 0.6 is 0 Å². The number of esters is 1. The number of alkyl halides is 1. The molecule has 0 N–H and O–H groups in total. The fourth-order valence-electron chi connectivity index (χ4n) is 1.65. The average molecular weight is 343 g/mol. The Morgan fingerprint density at radius 2 is 1.42 bits per heavy atom. The normalized spacial score (nSPS) is 9.71. The van der Waals surface area contributed by atoms with Gasteiger partial charge in [0.25, 0.3) is 0 Å². The van der Waals surface area contributed by atoms with Gasteiger partial charge in [-0.3, -0.25) is 4.79 Å². The van der Waals surface area contributed by atoms with Gasteiger partial charge >= 0.3 is 23.0 Å². The van der Waals surface area contributed by atoms with E-state index < -0.39 is 56.2 Å². The Labute approximate surface area is 131 Å². The molecule has 0 spiro atoms. The molecule has 0 radical (unpaired) electrons. The Morgan fingerprint density at radius 1 is 0.958 bits per heavy atom. The van der Waals surface area contributed by atoms with Crippen LogP contribution in [-0.2, 0) is 39.0 Å². The van der Waals surface area contributed by atoms with Gasteiger partial charge in [-0.1, -0.05) is 0 Å². The molecule has 0 aliphatic rings. The van der Waals surface area contributed by atoms with Crippen molar-refractivity contribution >= 4 is 18.1 Å².